The minimum Gasteiger partial charge on any atom is -0.340 e. The van der Waals surface area contributed by atoms with Gasteiger partial charge in [-0.1, -0.05) is 42.9 Å². The van der Waals surface area contributed by atoms with Gasteiger partial charge >= 0.3 is 0 Å². The zero-order chi connectivity index (χ0) is 16.6. The fourth-order valence-electron chi connectivity index (χ4n) is 2.44. The highest BCUT2D eigenvalue weighted by molar-refractivity contribution is 7.15. The molecule has 7 heteroatoms. The summed E-state index contributed by atoms with van der Waals surface area (Å²) in [6.07, 6.45) is 0.858. The Morgan fingerprint density at radius 2 is 2.17 bits per heavy atom. The van der Waals surface area contributed by atoms with Gasteiger partial charge in [-0.2, -0.15) is 0 Å². The highest BCUT2D eigenvalue weighted by atomic mass is 35.5. The van der Waals surface area contributed by atoms with Crippen molar-refractivity contribution in [3.8, 4) is 0 Å². The third kappa shape index (κ3) is 3.23. The average molecular weight is 349 g/mol. The molecule has 3 aromatic rings. The minimum absolute atomic E-state index is 0.216. The highest BCUT2D eigenvalue weighted by Crippen LogP contribution is 2.27. The van der Waals surface area contributed by atoms with Gasteiger partial charge in [-0.25, -0.2) is 0 Å². The van der Waals surface area contributed by atoms with Crippen molar-refractivity contribution in [2.45, 2.75) is 20.3 Å². The molecule has 0 fully saturated rings. The molecule has 0 aliphatic rings. The molecule has 120 valence electrons. The van der Waals surface area contributed by atoms with Gasteiger partial charge in [-0.15, -0.1) is 10.2 Å². The fraction of sp³-hybridized carbons (Fsp3) is 0.312. The van der Waals surface area contributed by atoms with Crippen molar-refractivity contribution in [3.63, 3.8) is 0 Å². The number of nitrogens with zero attached hydrogens (tertiary/aromatic N) is 3. The molecule has 0 saturated carbocycles. The first-order chi connectivity index (χ1) is 11.0. The zero-order valence-corrected chi connectivity index (χ0v) is 14.7. The molecule has 0 spiro atoms. The van der Waals surface area contributed by atoms with Gasteiger partial charge in [0.25, 0.3) is 5.91 Å². The Balaban J connectivity index is 1.85. The lowest BCUT2D eigenvalue weighted by Gasteiger charge is -2.03. The van der Waals surface area contributed by atoms with E-state index in [1.165, 1.54) is 11.3 Å². The predicted octanol–water partition coefficient (Wildman–Crippen LogP) is 4.13. The third-order valence-electron chi connectivity index (χ3n) is 3.54. The van der Waals surface area contributed by atoms with Gasteiger partial charge in [-0.05, 0) is 24.1 Å². The van der Waals surface area contributed by atoms with Crippen molar-refractivity contribution < 1.29 is 4.79 Å². The van der Waals surface area contributed by atoms with Gasteiger partial charge in [0, 0.05) is 29.4 Å². The van der Waals surface area contributed by atoms with Gasteiger partial charge in [0.1, 0.15) is 10.7 Å². The maximum Gasteiger partial charge on any atom is 0.274 e. The number of carbonyl (C=O) groups excluding carboxylic acids is 1. The Hall–Kier alpha value is -1.92. The van der Waals surface area contributed by atoms with E-state index in [2.05, 4.69) is 29.4 Å². The van der Waals surface area contributed by atoms with E-state index >= 15 is 0 Å². The second-order valence-electron chi connectivity index (χ2n) is 5.81. The normalized spacial score (nSPS) is 11.3. The van der Waals surface area contributed by atoms with Crippen LogP contribution in [0.4, 0.5) is 5.13 Å². The van der Waals surface area contributed by atoms with Gasteiger partial charge in [0.2, 0.25) is 5.13 Å². The van der Waals surface area contributed by atoms with Crippen molar-refractivity contribution >= 4 is 44.9 Å². The Morgan fingerprint density at radius 3 is 2.87 bits per heavy atom. The third-order valence-corrected chi connectivity index (χ3v) is 4.73. The number of hydrogen-bond donors (Lipinski definition) is 1. The van der Waals surface area contributed by atoms with Gasteiger partial charge in [-0.3, -0.25) is 10.1 Å². The number of carbonyl (C=O) groups is 1. The van der Waals surface area contributed by atoms with E-state index in [4.69, 9.17) is 11.6 Å². The second-order valence-corrected chi connectivity index (χ2v) is 7.28. The molecule has 3 rings (SSSR count). The fourth-order valence-corrected chi connectivity index (χ4v) is 3.61. The number of nitrogens with one attached hydrogen (secondary N) is 1. The van der Waals surface area contributed by atoms with E-state index < -0.39 is 0 Å². The molecule has 0 aliphatic carbocycles. The number of benzene rings is 1. The lowest BCUT2D eigenvalue weighted by atomic mass is 10.1. The van der Waals surface area contributed by atoms with Crippen LogP contribution in [0.5, 0.6) is 0 Å². The van der Waals surface area contributed by atoms with Crippen molar-refractivity contribution in [1.82, 2.24) is 14.8 Å². The van der Waals surface area contributed by atoms with E-state index in [0.29, 0.717) is 21.8 Å². The van der Waals surface area contributed by atoms with Crippen molar-refractivity contribution in [1.29, 1.82) is 0 Å². The maximum absolute atomic E-state index is 12.5. The number of aromatic nitrogens is 3. The number of anilines is 1. The van der Waals surface area contributed by atoms with Crippen molar-refractivity contribution in [3.05, 3.63) is 40.0 Å². The number of aryl methyl sites for hydroxylation is 1. The standard InChI is InChI=1S/C16H17ClN4OS/c1-9(2)7-14-19-20-16(23-14)18-15(22)13-8-10-11(17)5-4-6-12(10)21(13)3/h4-6,8-9H,7H2,1-3H3,(H,18,20,22). The average Bonchev–Trinajstić information content (AvgIpc) is 3.04. The van der Waals surface area contributed by atoms with Crippen LogP contribution in [0.2, 0.25) is 5.02 Å². The van der Waals surface area contributed by atoms with Crippen LogP contribution in [0.1, 0.15) is 29.3 Å². The summed E-state index contributed by atoms with van der Waals surface area (Å²) in [5.74, 6) is 0.291. The second kappa shape index (κ2) is 6.29. The first kappa shape index (κ1) is 16.0. The first-order valence-corrected chi connectivity index (χ1v) is 8.53. The molecule has 0 unspecified atom stereocenters. The van der Waals surface area contributed by atoms with Gasteiger partial charge in [0.15, 0.2) is 0 Å². The number of fused-ring (bicyclic) bond motifs is 1. The molecule has 5 nitrogen and oxygen atoms in total. The quantitative estimate of drug-likeness (QED) is 0.771. The van der Waals surface area contributed by atoms with Crippen LogP contribution in [0.3, 0.4) is 0 Å². The van der Waals surface area contributed by atoms with Crippen LogP contribution < -0.4 is 5.32 Å². The summed E-state index contributed by atoms with van der Waals surface area (Å²) in [6, 6.07) is 7.41. The van der Waals surface area contributed by atoms with Crippen molar-refractivity contribution in [2.24, 2.45) is 13.0 Å². The SMILES string of the molecule is CC(C)Cc1nnc(NC(=O)c2cc3c(Cl)cccc3n2C)s1. The molecule has 23 heavy (non-hydrogen) atoms. The molecule has 2 aromatic heterocycles. The highest BCUT2D eigenvalue weighted by Gasteiger charge is 2.16. The Morgan fingerprint density at radius 1 is 1.39 bits per heavy atom. The molecular weight excluding hydrogens is 332 g/mol. The summed E-state index contributed by atoms with van der Waals surface area (Å²) in [5.41, 5.74) is 1.45. The maximum atomic E-state index is 12.5. The molecule has 1 N–H and O–H groups in total. The molecule has 0 atom stereocenters. The largest absolute Gasteiger partial charge is 0.340 e. The van der Waals surface area contributed by atoms with Crippen LogP contribution in [-0.2, 0) is 13.5 Å². The predicted molar refractivity (Wildman–Crippen MR) is 94.3 cm³/mol. The first-order valence-electron chi connectivity index (χ1n) is 7.33. The molecule has 1 amide bonds. The molecule has 0 radical (unpaired) electrons. The molecular formula is C16H17ClN4OS. The minimum atomic E-state index is -0.216. The topological polar surface area (TPSA) is 59.8 Å². The molecule has 0 aliphatic heterocycles. The van der Waals surface area contributed by atoms with Crippen LogP contribution in [0, 0.1) is 5.92 Å². The van der Waals surface area contributed by atoms with E-state index in [-0.39, 0.29) is 5.91 Å². The summed E-state index contributed by atoms with van der Waals surface area (Å²) in [5, 5.41) is 13.9. The van der Waals surface area contributed by atoms with Crippen molar-refractivity contribution in [2.75, 3.05) is 5.32 Å². The van der Waals surface area contributed by atoms with Gasteiger partial charge < -0.3 is 4.57 Å². The summed E-state index contributed by atoms with van der Waals surface area (Å²) in [6.45, 7) is 4.25. The van der Waals surface area contributed by atoms with Crippen LogP contribution in [-0.4, -0.2) is 20.7 Å². The van der Waals surface area contributed by atoms with Crippen LogP contribution in [0.25, 0.3) is 10.9 Å². The molecule has 2 heterocycles. The van der Waals surface area contributed by atoms with Gasteiger partial charge in [0.05, 0.1) is 0 Å². The van der Waals surface area contributed by atoms with E-state index in [0.717, 1.165) is 22.3 Å². The Labute approximate surface area is 143 Å². The summed E-state index contributed by atoms with van der Waals surface area (Å²) in [7, 11) is 1.85. The Bertz CT molecular complexity index is 868. The number of halogens is 1. The van der Waals surface area contributed by atoms with E-state index in [1.807, 2.05) is 29.8 Å². The number of rotatable bonds is 4. The van der Waals surface area contributed by atoms with E-state index in [1.54, 1.807) is 6.07 Å². The molecule has 0 saturated heterocycles. The zero-order valence-electron chi connectivity index (χ0n) is 13.1. The smallest absolute Gasteiger partial charge is 0.274 e. The lowest BCUT2D eigenvalue weighted by Crippen LogP contribution is -2.15. The molecule has 0 bridgehead atoms. The van der Waals surface area contributed by atoms with E-state index in [9.17, 15) is 4.79 Å². The van der Waals surface area contributed by atoms with Crippen LogP contribution >= 0.6 is 22.9 Å². The number of amides is 1. The Kier molecular flexibility index (Phi) is 4.37. The molecule has 1 aromatic carbocycles. The summed E-state index contributed by atoms with van der Waals surface area (Å²) in [4.78, 5) is 12.5. The number of hydrogen-bond acceptors (Lipinski definition) is 4. The monoisotopic (exact) mass is 348 g/mol. The van der Waals surface area contributed by atoms with Crippen LogP contribution in [0.15, 0.2) is 24.3 Å². The summed E-state index contributed by atoms with van der Waals surface area (Å²) < 4.78 is 1.83. The lowest BCUT2D eigenvalue weighted by molar-refractivity contribution is 0.101. The summed E-state index contributed by atoms with van der Waals surface area (Å²) >= 11 is 7.60.